The lowest BCUT2D eigenvalue weighted by molar-refractivity contribution is -0.111. The van der Waals surface area contributed by atoms with Gasteiger partial charge in [-0.3, -0.25) is 4.79 Å². The first-order valence-electron chi connectivity index (χ1n) is 5.78. The van der Waals surface area contributed by atoms with Crippen LogP contribution in [0.25, 0.3) is 0 Å². The number of anilines is 1. The first kappa shape index (κ1) is 13.4. The number of nitrogens with zero attached hydrogens (tertiary/aromatic N) is 1. The molecular weight excluding hydrogens is 262 g/mol. The number of ketones is 1. The monoisotopic (exact) mass is 275 g/mol. The van der Waals surface area contributed by atoms with Crippen molar-refractivity contribution in [3.8, 4) is 0 Å². The Kier molecular flexibility index (Phi) is 3.71. The summed E-state index contributed by atoms with van der Waals surface area (Å²) in [5.41, 5.74) is 8.83. The molecule has 0 spiro atoms. The van der Waals surface area contributed by atoms with Gasteiger partial charge >= 0.3 is 0 Å². The molecular formula is C14H14ClN3O. The number of allylic oxidation sites excluding steroid dienone is 3. The second-order valence-corrected chi connectivity index (χ2v) is 4.56. The molecule has 0 heterocycles. The van der Waals surface area contributed by atoms with Crippen LogP contribution in [0, 0.1) is 0 Å². The van der Waals surface area contributed by atoms with Crippen molar-refractivity contribution in [1.29, 1.82) is 0 Å². The summed E-state index contributed by atoms with van der Waals surface area (Å²) < 4.78 is 0. The number of rotatable bonds is 2. The topological polar surface area (TPSA) is 67.5 Å². The number of hydrogen-bond acceptors (Lipinski definition) is 4. The van der Waals surface area contributed by atoms with Crippen LogP contribution in [-0.4, -0.2) is 18.5 Å². The van der Waals surface area contributed by atoms with E-state index in [0.717, 1.165) is 11.4 Å². The molecule has 0 aromatic heterocycles. The van der Waals surface area contributed by atoms with Gasteiger partial charge in [-0.15, -0.1) is 0 Å². The number of halogens is 1. The van der Waals surface area contributed by atoms with Crippen molar-refractivity contribution in [2.45, 2.75) is 6.92 Å². The summed E-state index contributed by atoms with van der Waals surface area (Å²) >= 11 is 5.89. The first-order valence-corrected chi connectivity index (χ1v) is 6.16. The fourth-order valence-electron chi connectivity index (χ4n) is 1.69. The Balaban J connectivity index is 2.39. The third-order valence-corrected chi connectivity index (χ3v) is 3.20. The van der Waals surface area contributed by atoms with Crippen molar-refractivity contribution >= 4 is 34.5 Å². The lowest BCUT2D eigenvalue weighted by atomic mass is 10.0. The van der Waals surface area contributed by atoms with E-state index in [0.29, 0.717) is 11.3 Å². The molecule has 0 radical (unpaired) electrons. The predicted octanol–water partition coefficient (Wildman–Crippen LogP) is 2.74. The Labute approximate surface area is 116 Å². The van der Waals surface area contributed by atoms with E-state index < -0.39 is 0 Å². The van der Waals surface area contributed by atoms with Crippen molar-refractivity contribution in [2.75, 3.05) is 12.4 Å². The summed E-state index contributed by atoms with van der Waals surface area (Å²) in [5, 5.41) is 3.06. The van der Waals surface area contributed by atoms with E-state index in [-0.39, 0.29) is 16.5 Å². The van der Waals surface area contributed by atoms with Crippen molar-refractivity contribution in [2.24, 2.45) is 10.7 Å². The minimum absolute atomic E-state index is 0.0330. The van der Waals surface area contributed by atoms with Crippen LogP contribution < -0.4 is 11.1 Å². The molecule has 2 rings (SSSR count). The highest BCUT2D eigenvalue weighted by Crippen LogP contribution is 2.23. The molecule has 0 amide bonds. The summed E-state index contributed by atoms with van der Waals surface area (Å²) in [7, 11) is 1.85. The van der Waals surface area contributed by atoms with Gasteiger partial charge in [0.1, 0.15) is 5.03 Å². The Morgan fingerprint density at radius 1 is 1.26 bits per heavy atom. The highest BCUT2D eigenvalue weighted by atomic mass is 35.5. The number of Topliss-reactive ketones (excluding diaryl/α,β-unsaturated/α-hetero) is 1. The van der Waals surface area contributed by atoms with Crippen LogP contribution in [0.5, 0.6) is 0 Å². The van der Waals surface area contributed by atoms with Crippen LogP contribution in [0.2, 0.25) is 0 Å². The number of aliphatic imine (C=N–C) groups is 1. The van der Waals surface area contributed by atoms with Crippen LogP contribution in [0.15, 0.2) is 51.6 Å². The van der Waals surface area contributed by atoms with E-state index in [2.05, 4.69) is 10.3 Å². The van der Waals surface area contributed by atoms with Gasteiger partial charge in [0.15, 0.2) is 0 Å². The molecule has 0 saturated heterocycles. The molecule has 0 unspecified atom stereocenters. The highest BCUT2D eigenvalue weighted by Gasteiger charge is 2.21. The van der Waals surface area contributed by atoms with Gasteiger partial charge in [-0.2, -0.15) is 0 Å². The quantitative estimate of drug-likeness (QED) is 0.816. The molecule has 4 nitrogen and oxygen atoms in total. The normalized spacial score (nSPS) is 17.7. The van der Waals surface area contributed by atoms with Gasteiger partial charge in [0, 0.05) is 18.3 Å². The highest BCUT2D eigenvalue weighted by molar-refractivity contribution is 6.49. The van der Waals surface area contributed by atoms with Crippen LogP contribution >= 0.6 is 11.6 Å². The van der Waals surface area contributed by atoms with E-state index in [1.54, 1.807) is 13.0 Å². The minimum atomic E-state index is -0.247. The van der Waals surface area contributed by atoms with E-state index in [1.807, 2.05) is 31.3 Å². The SMILES string of the molecule is CNc1ccc(/N=C2/C=C(C)C(=O)C(Cl)=C2N)cc1. The van der Waals surface area contributed by atoms with Gasteiger partial charge in [0.25, 0.3) is 0 Å². The summed E-state index contributed by atoms with van der Waals surface area (Å²) in [6.07, 6.45) is 1.65. The molecule has 1 aliphatic rings. The van der Waals surface area contributed by atoms with Crippen LogP contribution in [0.1, 0.15) is 6.92 Å². The molecule has 3 N–H and O–H groups in total. The van der Waals surface area contributed by atoms with Gasteiger partial charge in [0.05, 0.1) is 17.1 Å². The van der Waals surface area contributed by atoms with Crippen molar-refractivity contribution in [3.05, 3.63) is 46.6 Å². The molecule has 0 atom stereocenters. The van der Waals surface area contributed by atoms with Gasteiger partial charge in [-0.1, -0.05) is 11.6 Å². The minimum Gasteiger partial charge on any atom is -0.396 e. The third kappa shape index (κ3) is 2.69. The van der Waals surface area contributed by atoms with Crippen molar-refractivity contribution < 1.29 is 4.79 Å². The van der Waals surface area contributed by atoms with E-state index in [4.69, 9.17) is 17.3 Å². The van der Waals surface area contributed by atoms with Crippen molar-refractivity contribution in [1.82, 2.24) is 0 Å². The first-order chi connectivity index (χ1) is 9.02. The van der Waals surface area contributed by atoms with E-state index in [1.165, 1.54) is 0 Å². The summed E-state index contributed by atoms with van der Waals surface area (Å²) in [6, 6.07) is 7.54. The zero-order valence-electron chi connectivity index (χ0n) is 10.7. The van der Waals surface area contributed by atoms with Gasteiger partial charge in [-0.25, -0.2) is 4.99 Å². The zero-order valence-corrected chi connectivity index (χ0v) is 11.5. The lowest BCUT2D eigenvalue weighted by Crippen LogP contribution is -2.20. The van der Waals surface area contributed by atoms with E-state index in [9.17, 15) is 4.79 Å². The maximum absolute atomic E-state index is 11.6. The fraction of sp³-hybridized carbons (Fsp3) is 0.143. The molecule has 0 aliphatic heterocycles. The summed E-state index contributed by atoms with van der Waals surface area (Å²) in [6.45, 7) is 1.69. The molecule has 98 valence electrons. The van der Waals surface area contributed by atoms with Gasteiger partial charge < -0.3 is 11.1 Å². The van der Waals surface area contributed by atoms with E-state index >= 15 is 0 Å². The molecule has 1 aromatic rings. The zero-order chi connectivity index (χ0) is 14.0. The Morgan fingerprint density at radius 3 is 2.47 bits per heavy atom. The Bertz CT molecular complexity index is 612. The average Bonchev–Trinajstić information content (AvgIpc) is 2.43. The smallest absolute Gasteiger partial charge is 0.202 e. The van der Waals surface area contributed by atoms with Gasteiger partial charge in [-0.05, 0) is 37.3 Å². The van der Waals surface area contributed by atoms with Crippen LogP contribution in [-0.2, 0) is 4.79 Å². The Morgan fingerprint density at radius 2 is 1.89 bits per heavy atom. The van der Waals surface area contributed by atoms with Crippen molar-refractivity contribution in [3.63, 3.8) is 0 Å². The maximum atomic E-state index is 11.6. The van der Waals surface area contributed by atoms with Gasteiger partial charge in [0.2, 0.25) is 5.78 Å². The second kappa shape index (κ2) is 5.28. The largest absolute Gasteiger partial charge is 0.396 e. The number of carbonyl (C=O) groups is 1. The number of carbonyl (C=O) groups excluding carboxylic acids is 1. The third-order valence-electron chi connectivity index (χ3n) is 2.83. The van der Waals surface area contributed by atoms with Crippen LogP contribution in [0.3, 0.4) is 0 Å². The molecule has 0 bridgehead atoms. The average molecular weight is 276 g/mol. The molecule has 0 fully saturated rings. The predicted molar refractivity (Wildman–Crippen MR) is 78.9 cm³/mol. The second-order valence-electron chi connectivity index (χ2n) is 4.18. The number of hydrogen-bond donors (Lipinski definition) is 2. The number of nitrogens with two attached hydrogens (primary N) is 1. The molecule has 5 heteroatoms. The summed E-state index contributed by atoms with van der Waals surface area (Å²) in [5.74, 6) is -0.247. The molecule has 1 aromatic carbocycles. The fourth-order valence-corrected chi connectivity index (χ4v) is 1.94. The summed E-state index contributed by atoms with van der Waals surface area (Å²) in [4.78, 5) is 16.0. The Hall–Kier alpha value is -2.07. The lowest BCUT2D eigenvalue weighted by Gasteiger charge is -2.12. The number of nitrogens with one attached hydrogen (secondary N) is 1. The molecule has 19 heavy (non-hydrogen) atoms. The van der Waals surface area contributed by atoms with Crippen LogP contribution in [0.4, 0.5) is 11.4 Å². The molecule has 0 saturated carbocycles. The maximum Gasteiger partial charge on any atom is 0.202 e. The number of benzene rings is 1. The standard InChI is InChI=1S/C14H14ClN3O/c1-8-7-11(13(16)12(15)14(8)19)18-10-5-3-9(17-2)4-6-10/h3-7,17H,16H2,1-2H3/b18-11-. The molecule has 1 aliphatic carbocycles.